The molecule has 1 aromatic heterocycles. The molecule has 0 aliphatic rings. The van der Waals surface area contributed by atoms with Crippen LogP contribution in [0.4, 0.5) is 75.7 Å². The van der Waals surface area contributed by atoms with Gasteiger partial charge in [0.25, 0.3) is 0 Å². The van der Waals surface area contributed by atoms with Crippen LogP contribution in [0.25, 0.3) is 0 Å². The van der Waals surface area contributed by atoms with Crippen LogP contribution >= 0.6 is 0 Å². The molecule has 0 amide bonds. The molecule has 194 valence electrons. The van der Waals surface area contributed by atoms with Crippen molar-refractivity contribution in [3.05, 3.63) is 71.0 Å². The number of aromatic nitrogens is 2. The molecule has 0 aliphatic heterocycles. The minimum Gasteiger partial charge on any atom is -0.339 e. The second kappa shape index (κ2) is 9.05. The third-order valence-electron chi connectivity index (χ3n) is 4.35. The molecule has 1 heterocycles. The van der Waals surface area contributed by atoms with Crippen LogP contribution in [0.1, 0.15) is 22.3 Å². The van der Waals surface area contributed by atoms with Crippen LogP contribution in [0.5, 0.6) is 0 Å². The molecule has 2 aromatic carbocycles. The number of alkyl halides is 12. The predicted octanol–water partition coefficient (Wildman–Crippen LogP) is 8.04. The van der Waals surface area contributed by atoms with Crippen LogP contribution in [0.3, 0.4) is 0 Å². The highest BCUT2D eigenvalue weighted by Crippen LogP contribution is 2.39. The molecule has 0 radical (unpaired) electrons. The van der Waals surface area contributed by atoms with Crippen molar-refractivity contribution < 1.29 is 52.7 Å². The molecular weight excluding hydrogens is 524 g/mol. The molecule has 2 N–H and O–H groups in total. The Hall–Kier alpha value is -3.72. The molecule has 0 bridgehead atoms. The zero-order chi connectivity index (χ0) is 27.1. The van der Waals surface area contributed by atoms with Crippen LogP contribution in [0, 0.1) is 0 Å². The summed E-state index contributed by atoms with van der Waals surface area (Å²) >= 11 is 0. The van der Waals surface area contributed by atoms with Gasteiger partial charge in [-0.2, -0.15) is 52.7 Å². The number of anilines is 4. The van der Waals surface area contributed by atoms with E-state index in [0.29, 0.717) is 24.3 Å². The van der Waals surface area contributed by atoms with E-state index < -0.39 is 70.0 Å². The quantitative estimate of drug-likeness (QED) is 0.333. The Morgan fingerprint density at radius 2 is 0.722 bits per heavy atom. The molecule has 16 heteroatoms. The van der Waals surface area contributed by atoms with E-state index in [1.54, 1.807) is 0 Å². The van der Waals surface area contributed by atoms with Crippen molar-refractivity contribution in [1.82, 2.24) is 9.97 Å². The van der Waals surface area contributed by atoms with Crippen molar-refractivity contribution in [1.29, 1.82) is 0 Å². The molecule has 3 aromatic rings. The Balaban J connectivity index is 1.95. The second-order valence-corrected chi connectivity index (χ2v) is 7.13. The lowest BCUT2D eigenvalue weighted by molar-refractivity contribution is -0.144. The van der Waals surface area contributed by atoms with Gasteiger partial charge in [0.2, 0.25) is 0 Å². The van der Waals surface area contributed by atoms with Gasteiger partial charge in [-0.1, -0.05) is 0 Å². The zero-order valence-corrected chi connectivity index (χ0v) is 17.0. The van der Waals surface area contributed by atoms with E-state index in [-0.39, 0.29) is 12.1 Å². The lowest BCUT2D eigenvalue weighted by Crippen LogP contribution is -2.12. The van der Waals surface area contributed by atoms with E-state index in [0.717, 1.165) is 12.4 Å². The Morgan fingerprint density at radius 3 is 0.972 bits per heavy atom. The molecule has 36 heavy (non-hydrogen) atoms. The Labute approximate surface area is 193 Å². The van der Waals surface area contributed by atoms with E-state index in [1.165, 1.54) is 0 Å². The van der Waals surface area contributed by atoms with Gasteiger partial charge in [0.05, 0.1) is 34.6 Å². The van der Waals surface area contributed by atoms with Crippen LogP contribution in [0.15, 0.2) is 48.8 Å². The number of nitrogens with one attached hydrogen (secondary N) is 2. The molecule has 0 spiro atoms. The molecule has 0 atom stereocenters. The van der Waals surface area contributed by atoms with Crippen LogP contribution < -0.4 is 10.6 Å². The monoisotopic (exact) mass is 534 g/mol. The summed E-state index contributed by atoms with van der Waals surface area (Å²) in [5.41, 5.74) is -7.95. The minimum absolute atomic E-state index is 0.110. The average Bonchev–Trinajstić information content (AvgIpc) is 2.71. The summed E-state index contributed by atoms with van der Waals surface area (Å²) in [6.07, 6.45) is -18.8. The summed E-state index contributed by atoms with van der Waals surface area (Å²) in [7, 11) is 0. The van der Waals surface area contributed by atoms with Gasteiger partial charge in [0.15, 0.2) is 11.6 Å². The predicted molar refractivity (Wildman–Crippen MR) is 101 cm³/mol. The highest BCUT2D eigenvalue weighted by Gasteiger charge is 2.38. The third kappa shape index (κ3) is 6.69. The first kappa shape index (κ1) is 26.9. The maximum Gasteiger partial charge on any atom is 0.416 e. The SMILES string of the molecule is FC(F)(F)c1cc(Nc2cncc(Nc3cc(C(F)(F)F)cc(C(F)(F)F)c3)n2)cc(C(F)(F)F)c1. The molecule has 0 aliphatic carbocycles. The summed E-state index contributed by atoms with van der Waals surface area (Å²) in [6.45, 7) is 0. The molecule has 3 rings (SSSR count). The van der Waals surface area contributed by atoms with E-state index in [2.05, 4.69) is 20.6 Å². The zero-order valence-electron chi connectivity index (χ0n) is 17.0. The Kier molecular flexibility index (Phi) is 6.76. The topological polar surface area (TPSA) is 49.8 Å². The summed E-state index contributed by atoms with van der Waals surface area (Å²) in [6, 6.07) is 1.17. The Bertz CT molecular complexity index is 1090. The fourth-order valence-electron chi connectivity index (χ4n) is 2.84. The maximum atomic E-state index is 13.0. The number of halogens is 12. The normalized spacial score (nSPS) is 13.0. The average molecular weight is 534 g/mol. The lowest BCUT2D eigenvalue weighted by atomic mass is 10.1. The number of benzene rings is 2. The summed E-state index contributed by atoms with van der Waals surface area (Å²) in [5, 5.41) is 4.31. The third-order valence-corrected chi connectivity index (χ3v) is 4.35. The van der Waals surface area contributed by atoms with Crippen molar-refractivity contribution in [3.63, 3.8) is 0 Å². The minimum atomic E-state index is -5.13. The van der Waals surface area contributed by atoms with Crippen molar-refractivity contribution in [2.75, 3.05) is 10.6 Å². The Morgan fingerprint density at radius 1 is 0.444 bits per heavy atom. The van der Waals surface area contributed by atoms with Gasteiger partial charge in [0, 0.05) is 11.4 Å². The fourth-order valence-corrected chi connectivity index (χ4v) is 2.84. The van der Waals surface area contributed by atoms with Gasteiger partial charge in [-0.05, 0) is 36.4 Å². The first-order valence-electron chi connectivity index (χ1n) is 9.27. The van der Waals surface area contributed by atoms with Crippen molar-refractivity contribution in [2.24, 2.45) is 0 Å². The summed E-state index contributed by atoms with van der Waals surface area (Å²) < 4.78 is 156. The second-order valence-electron chi connectivity index (χ2n) is 7.13. The smallest absolute Gasteiger partial charge is 0.339 e. The van der Waals surface area contributed by atoms with Crippen molar-refractivity contribution >= 4 is 23.0 Å². The fraction of sp³-hybridized carbons (Fsp3) is 0.200. The number of hydrogen-bond donors (Lipinski definition) is 2. The largest absolute Gasteiger partial charge is 0.416 e. The molecular formula is C20H10F12N4. The van der Waals surface area contributed by atoms with Gasteiger partial charge in [0.1, 0.15) is 0 Å². The molecule has 0 unspecified atom stereocenters. The standard InChI is InChI=1S/C20H10F12N4/c21-17(22,23)9-1-10(18(24,25)26)4-13(3-9)34-15-7-33-8-16(36-15)35-14-5-11(19(27,28)29)2-12(6-14)20(30,31)32/h1-8H,(H2,34,35,36). The number of nitrogens with zero attached hydrogens (tertiary/aromatic N) is 2. The van der Waals surface area contributed by atoms with E-state index in [9.17, 15) is 52.7 Å². The summed E-state index contributed by atoms with van der Waals surface area (Å²) in [5.74, 6) is -0.925. The summed E-state index contributed by atoms with van der Waals surface area (Å²) in [4.78, 5) is 7.31. The first-order valence-corrected chi connectivity index (χ1v) is 9.27. The maximum absolute atomic E-state index is 13.0. The van der Waals surface area contributed by atoms with E-state index in [1.807, 2.05) is 0 Å². The van der Waals surface area contributed by atoms with E-state index in [4.69, 9.17) is 0 Å². The van der Waals surface area contributed by atoms with Gasteiger partial charge < -0.3 is 10.6 Å². The van der Waals surface area contributed by atoms with Gasteiger partial charge in [-0.25, -0.2) is 4.98 Å². The highest BCUT2D eigenvalue weighted by molar-refractivity contribution is 5.63. The van der Waals surface area contributed by atoms with E-state index >= 15 is 0 Å². The molecule has 4 nitrogen and oxygen atoms in total. The van der Waals surface area contributed by atoms with Crippen LogP contribution in [0.2, 0.25) is 0 Å². The molecule has 0 saturated heterocycles. The van der Waals surface area contributed by atoms with Crippen LogP contribution in [-0.2, 0) is 24.7 Å². The van der Waals surface area contributed by atoms with Gasteiger partial charge >= 0.3 is 24.7 Å². The van der Waals surface area contributed by atoms with Crippen molar-refractivity contribution in [3.8, 4) is 0 Å². The molecule has 0 saturated carbocycles. The highest BCUT2D eigenvalue weighted by atomic mass is 19.4. The number of hydrogen-bond acceptors (Lipinski definition) is 4. The lowest BCUT2D eigenvalue weighted by Gasteiger charge is -2.16. The first-order chi connectivity index (χ1) is 16.3. The number of rotatable bonds is 4. The van der Waals surface area contributed by atoms with Crippen molar-refractivity contribution in [2.45, 2.75) is 24.7 Å². The van der Waals surface area contributed by atoms with Gasteiger partial charge in [-0.15, -0.1) is 0 Å². The molecule has 0 fully saturated rings. The van der Waals surface area contributed by atoms with Crippen LogP contribution in [-0.4, -0.2) is 9.97 Å². The van der Waals surface area contributed by atoms with Gasteiger partial charge in [-0.3, -0.25) is 4.98 Å².